The van der Waals surface area contributed by atoms with Crippen LogP contribution in [0.25, 0.3) is 0 Å². The second-order valence-electron chi connectivity index (χ2n) is 3.46. The summed E-state index contributed by atoms with van der Waals surface area (Å²) in [6, 6.07) is 8.16. The van der Waals surface area contributed by atoms with Gasteiger partial charge in [-0.2, -0.15) is 5.26 Å². The van der Waals surface area contributed by atoms with Crippen LogP contribution in [-0.2, 0) is 0 Å². The van der Waals surface area contributed by atoms with E-state index in [0.29, 0.717) is 5.70 Å². The number of halogens is 1. The molecule has 0 amide bonds. The van der Waals surface area contributed by atoms with Crippen molar-refractivity contribution in [3.8, 4) is 6.07 Å². The highest BCUT2D eigenvalue weighted by Crippen LogP contribution is 2.21. The second kappa shape index (κ2) is 3.66. The first-order chi connectivity index (χ1) is 7.20. The number of allylic oxidation sites excluding steroid dienone is 2. The zero-order valence-corrected chi connectivity index (χ0v) is 8.24. The first kappa shape index (κ1) is 9.60. The fourth-order valence-corrected chi connectivity index (χ4v) is 1.59. The molecule has 0 radical (unpaired) electrons. The Balaban J connectivity index is 2.35. The number of hydrogen-bond donors (Lipinski definition) is 0. The molecular weight excluding hydrogens is 191 g/mol. The maximum atomic E-state index is 12.7. The van der Waals surface area contributed by atoms with Crippen LogP contribution in [0.3, 0.4) is 0 Å². The van der Waals surface area contributed by atoms with Crippen LogP contribution in [0.15, 0.2) is 41.0 Å². The molecule has 74 valence electrons. The average molecular weight is 200 g/mol. The lowest BCUT2D eigenvalue weighted by molar-refractivity contribution is 0.627. The number of nitriles is 1. The summed E-state index contributed by atoms with van der Waals surface area (Å²) in [5.74, 6) is -0.149. The Morgan fingerprint density at radius 3 is 2.53 bits per heavy atom. The summed E-state index contributed by atoms with van der Waals surface area (Å²) in [6.45, 7) is 1.96. The topological polar surface area (TPSA) is 36.1 Å². The quantitative estimate of drug-likeness (QED) is 0.686. The van der Waals surface area contributed by atoms with Crippen molar-refractivity contribution in [3.05, 3.63) is 47.4 Å². The van der Waals surface area contributed by atoms with Gasteiger partial charge in [-0.15, -0.1) is 0 Å². The average Bonchev–Trinajstić information content (AvgIpc) is 2.61. The number of aliphatic imine (C=N–C) groups is 1. The first-order valence-electron chi connectivity index (χ1n) is 4.67. The van der Waals surface area contributed by atoms with Crippen molar-refractivity contribution in [2.75, 3.05) is 0 Å². The van der Waals surface area contributed by atoms with Crippen LogP contribution < -0.4 is 0 Å². The van der Waals surface area contributed by atoms with Gasteiger partial charge in [-0.05, 0) is 23.8 Å². The van der Waals surface area contributed by atoms with Crippen molar-refractivity contribution in [1.29, 1.82) is 5.26 Å². The monoisotopic (exact) mass is 200 g/mol. The molecule has 1 aliphatic heterocycles. The summed E-state index contributed by atoms with van der Waals surface area (Å²) >= 11 is 0. The van der Waals surface area contributed by atoms with Gasteiger partial charge in [-0.3, -0.25) is 0 Å². The smallest absolute Gasteiger partial charge is 0.137 e. The lowest BCUT2D eigenvalue weighted by Gasteiger charge is -2.05. The molecule has 15 heavy (non-hydrogen) atoms. The van der Waals surface area contributed by atoms with Gasteiger partial charge in [0.05, 0.1) is 5.71 Å². The number of hydrogen-bond acceptors (Lipinski definition) is 2. The zero-order chi connectivity index (χ0) is 10.8. The highest BCUT2D eigenvalue weighted by molar-refractivity contribution is 6.05. The van der Waals surface area contributed by atoms with E-state index in [-0.39, 0.29) is 11.7 Å². The van der Waals surface area contributed by atoms with E-state index < -0.39 is 0 Å². The third kappa shape index (κ3) is 1.79. The van der Waals surface area contributed by atoms with E-state index in [9.17, 15) is 4.39 Å². The van der Waals surface area contributed by atoms with E-state index in [0.717, 1.165) is 11.3 Å². The summed E-state index contributed by atoms with van der Waals surface area (Å²) in [5.41, 5.74) is 2.12. The van der Waals surface area contributed by atoms with Gasteiger partial charge in [0.1, 0.15) is 17.6 Å². The SMILES string of the molecule is CC1C=C(C#N)N=C1c1ccc(F)cc1. The summed E-state index contributed by atoms with van der Waals surface area (Å²) in [5, 5.41) is 8.71. The van der Waals surface area contributed by atoms with Crippen LogP contribution in [0.1, 0.15) is 12.5 Å². The Labute approximate surface area is 87.4 Å². The summed E-state index contributed by atoms with van der Waals surface area (Å²) < 4.78 is 12.7. The van der Waals surface area contributed by atoms with Gasteiger partial charge in [-0.1, -0.05) is 19.1 Å². The van der Waals surface area contributed by atoms with Crippen LogP contribution in [0.2, 0.25) is 0 Å². The highest BCUT2D eigenvalue weighted by atomic mass is 19.1. The molecule has 1 heterocycles. The minimum Gasteiger partial charge on any atom is -0.241 e. The summed E-state index contributed by atoms with van der Waals surface area (Å²) in [6.07, 6.45) is 1.80. The van der Waals surface area contributed by atoms with Crippen LogP contribution in [0.4, 0.5) is 4.39 Å². The molecule has 0 saturated carbocycles. The Bertz CT molecular complexity index is 477. The van der Waals surface area contributed by atoms with E-state index in [1.54, 1.807) is 18.2 Å². The molecule has 2 nitrogen and oxygen atoms in total. The zero-order valence-electron chi connectivity index (χ0n) is 8.24. The maximum absolute atomic E-state index is 12.7. The van der Waals surface area contributed by atoms with E-state index in [2.05, 4.69) is 4.99 Å². The molecule has 0 saturated heterocycles. The number of benzene rings is 1. The molecule has 1 atom stereocenters. The minimum absolute atomic E-state index is 0.116. The van der Waals surface area contributed by atoms with E-state index in [4.69, 9.17) is 5.26 Å². The van der Waals surface area contributed by atoms with Crippen LogP contribution in [0.5, 0.6) is 0 Å². The lowest BCUT2D eigenvalue weighted by Crippen LogP contribution is -2.06. The molecule has 0 fully saturated rings. The predicted molar refractivity (Wildman–Crippen MR) is 55.8 cm³/mol. The molecular formula is C12H9FN2. The van der Waals surface area contributed by atoms with Crippen LogP contribution in [0, 0.1) is 23.1 Å². The Hall–Kier alpha value is -1.95. The Morgan fingerprint density at radius 1 is 1.33 bits per heavy atom. The lowest BCUT2D eigenvalue weighted by atomic mass is 10.00. The van der Waals surface area contributed by atoms with Gasteiger partial charge < -0.3 is 0 Å². The highest BCUT2D eigenvalue weighted by Gasteiger charge is 2.18. The third-order valence-corrected chi connectivity index (χ3v) is 2.33. The van der Waals surface area contributed by atoms with Gasteiger partial charge in [0.25, 0.3) is 0 Å². The molecule has 1 aromatic rings. The maximum Gasteiger partial charge on any atom is 0.137 e. The molecule has 2 rings (SSSR count). The van der Waals surface area contributed by atoms with Gasteiger partial charge >= 0.3 is 0 Å². The fourth-order valence-electron chi connectivity index (χ4n) is 1.59. The van der Waals surface area contributed by atoms with E-state index >= 15 is 0 Å². The van der Waals surface area contributed by atoms with E-state index in [1.165, 1.54) is 12.1 Å². The van der Waals surface area contributed by atoms with Crippen LogP contribution >= 0.6 is 0 Å². The molecule has 1 aliphatic rings. The minimum atomic E-state index is -0.265. The van der Waals surface area contributed by atoms with Gasteiger partial charge in [-0.25, -0.2) is 9.38 Å². The number of nitrogens with zero attached hydrogens (tertiary/aromatic N) is 2. The van der Waals surface area contributed by atoms with Crippen molar-refractivity contribution in [3.63, 3.8) is 0 Å². The molecule has 0 aromatic heterocycles. The van der Waals surface area contributed by atoms with Crippen molar-refractivity contribution >= 4 is 5.71 Å². The predicted octanol–water partition coefficient (Wildman–Crippen LogP) is 2.67. The van der Waals surface area contributed by atoms with Crippen molar-refractivity contribution in [2.45, 2.75) is 6.92 Å². The summed E-state index contributed by atoms with van der Waals surface area (Å²) in [4.78, 5) is 4.18. The largest absolute Gasteiger partial charge is 0.241 e. The van der Waals surface area contributed by atoms with Gasteiger partial charge in [0.2, 0.25) is 0 Å². The molecule has 3 heteroatoms. The Morgan fingerprint density at radius 2 is 2.00 bits per heavy atom. The first-order valence-corrected chi connectivity index (χ1v) is 4.67. The van der Waals surface area contributed by atoms with Crippen molar-refractivity contribution in [1.82, 2.24) is 0 Å². The molecule has 0 spiro atoms. The van der Waals surface area contributed by atoms with Crippen molar-refractivity contribution in [2.24, 2.45) is 10.9 Å². The fraction of sp³-hybridized carbons (Fsp3) is 0.167. The van der Waals surface area contributed by atoms with E-state index in [1.807, 2.05) is 13.0 Å². The van der Waals surface area contributed by atoms with Gasteiger partial charge in [0.15, 0.2) is 0 Å². The second-order valence-corrected chi connectivity index (χ2v) is 3.46. The molecule has 0 N–H and O–H groups in total. The summed E-state index contributed by atoms with van der Waals surface area (Å²) in [7, 11) is 0. The van der Waals surface area contributed by atoms with Crippen LogP contribution in [-0.4, -0.2) is 5.71 Å². The molecule has 1 aromatic carbocycles. The third-order valence-electron chi connectivity index (χ3n) is 2.33. The molecule has 0 aliphatic carbocycles. The van der Waals surface area contributed by atoms with Crippen molar-refractivity contribution < 1.29 is 4.39 Å². The van der Waals surface area contributed by atoms with Gasteiger partial charge in [0, 0.05) is 5.92 Å². The molecule has 0 bridgehead atoms. The normalized spacial score (nSPS) is 19.4. The standard InChI is InChI=1S/C12H9FN2/c1-8-6-11(7-14)15-12(8)9-2-4-10(13)5-3-9/h2-6,8H,1H3. The Kier molecular flexibility index (Phi) is 2.34. The molecule has 1 unspecified atom stereocenters. The number of rotatable bonds is 1.